The van der Waals surface area contributed by atoms with Crippen LogP contribution in [0.2, 0.25) is 0 Å². The molecule has 0 aromatic heterocycles. The summed E-state index contributed by atoms with van der Waals surface area (Å²) in [5, 5.41) is 9.18. The molecule has 3 nitrogen and oxygen atoms in total. The Morgan fingerprint density at radius 1 is 1.10 bits per heavy atom. The zero-order valence-corrected chi connectivity index (χ0v) is 11.0. The number of hydrogen-bond donors (Lipinski definition) is 1. The lowest BCUT2D eigenvalue weighted by atomic mass is 9.98. The van der Waals surface area contributed by atoms with Crippen molar-refractivity contribution in [1.29, 1.82) is 0 Å². The Morgan fingerprint density at radius 3 is 2.05 bits per heavy atom. The van der Waals surface area contributed by atoms with Crippen molar-refractivity contribution < 1.29 is 31.9 Å². The average molecular weight is 309 g/mol. The molecule has 0 bridgehead atoms. The summed E-state index contributed by atoms with van der Waals surface area (Å²) in [5.74, 6) is -11.3. The summed E-state index contributed by atoms with van der Waals surface area (Å²) < 4.78 is 66.4. The van der Waals surface area contributed by atoms with Gasteiger partial charge < -0.3 is 5.11 Å². The van der Waals surface area contributed by atoms with Crippen LogP contribution in [0.3, 0.4) is 0 Å². The van der Waals surface area contributed by atoms with E-state index in [1.807, 2.05) is 0 Å². The molecule has 1 atom stereocenters. The molecule has 1 unspecified atom stereocenters. The molecule has 8 heteroatoms. The summed E-state index contributed by atoms with van der Waals surface area (Å²) in [6.07, 6.45) is 0.690. The highest BCUT2D eigenvalue weighted by atomic mass is 19.2. The summed E-state index contributed by atoms with van der Waals surface area (Å²) >= 11 is 0. The van der Waals surface area contributed by atoms with Crippen LogP contribution in [0, 0.1) is 29.1 Å². The van der Waals surface area contributed by atoms with Crippen molar-refractivity contribution >= 4 is 5.97 Å². The standard InChI is InChI=1S/C13H12F5NO2/c1-13(12(20)21)3-2-4-19(13)5-6-7(14)9(16)11(18)10(17)8(6)15/h2-5H2,1H3,(H,20,21). The minimum atomic E-state index is -2.23. The van der Waals surface area contributed by atoms with Crippen LogP contribution in [0.4, 0.5) is 22.0 Å². The van der Waals surface area contributed by atoms with Crippen LogP contribution in [-0.2, 0) is 11.3 Å². The summed E-state index contributed by atoms with van der Waals surface area (Å²) in [6, 6.07) is 0. The van der Waals surface area contributed by atoms with Crippen LogP contribution in [0.25, 0.3) is 0 Å². The predicted molar refractivity (Wildman–Crippen MR) is 61.9 cm³/mol. The third-order valence-corrected chi connectivity index (χ3v) is 3.90. The number of rotatable bonds is 3. The van der Waals surface area contributed by atoms with Gasteiger partial charge in [-0.2, -0.15) is 0 Å². The first kappa shape index (κ1) is 15.7. The fourth-order valence-electron chi connectivity index (χ4n) is 2.49. The van der Waals surface area contributed by atoms with Crippen molar-refractivity contribution in [3.63, 3.8) is 0 Å². The van der Waals surface area contributed by atoms with Gasteiger partial charge in [-0.25, -0.2) is 22.0 Å². The summed E-state index contributed by atoms with van der Waals surface area (Å²) in [6.45, 7) is 0.894. The molecule has 0 spiro atoms. The van der Waals surface area contributed by atoms with Crippen molar-refractivity contribution in [2.24, 2.45) is 0 Å². The van der Waals surface area contributed by atoms with Gasteiger partial charge in [0.2, 0.25) is 5.82 Å². The fourth-order valence-corrected chi connectivity index (χ4v) is 2.49. The second-order valence-corrected chi connectivity index (χ2v) is 5.15. The Balaban J connectivity index is 2.43. The van der Waals surface area contributed by atoms with Gasteiger partial charge in [-0.05, 0) is 26.3 Å². The van der Waals surface area contributed by atoms with Gasteiger partial charge in [0.25, 0.3) is 0 Å². The highest BCUT2D eigenvalue weighted by Crippen LogP contribution is 2.33. The highest BCUT2D eigenvalue weighted by Gasteiger charge is 2.44. The van der Waals surface area contributed by atoms with Crippen LogP contribution in [0.15, 0.2) is 0 Å². The van der Waals surface area contributed by atoms with Crippen molar-refractivity contribution in [2.45, 2.75) is 31.8 Å². The Hall–Kier alpha value is -1.70. The van der Waals surface area contributed by atoms with Crippen LogP contribution in [0.5, 0.6) is 0 Å². The molecule has 1 saturated heterocycles. The van der Waals surface area contributed by atoms with E-state index in [9.17, 15) is 31.9 Å². The van der Waals surface area contributed by atoms with Gasteiger partial charge in [-0.3, -0.25) is 9.69 Å². The molecular weight excluding hydrogens is 297 g/mol. The van der Waals surface area contributed by atoms with Gasteiger partial charge in [0.05, 0.1) is 0 Å². The van der Waals surface area contributed by atoms with Crippen LogP contribution >= 0.6 is 0 Å². The minimum Gasteiger partial charge on any atom is -0.480 e. The van der Waals surface area contributed by atoms with Crippen molar-refractivity contribution in [1.82, 2.24) is 4.90 Å². The predicted octanol–water partition coefficient (Wildman–Crippen LogP) is 2.82. The maximum Gasteiger partial charge on any atom is 0.323 e. The minimum absolute atomic E-state index is 0.197. The number of nitrogens with zero attached hydrogens (tertiary/aromatic N) is 1. The molecule has 116 valence electrons. The number of hydrogen-bond acceptors (Lipinski definition) is 2. The van der Waals surface area contributed by atoms with Crippen LogP contribution in [0.1, 0.15) is 25.3 Å². The largest absolute Gasteiger partial charge is 0.480 e. The first-order chi connectivity index (χ1) is 9.70. The maximum absolute atomic E-state index is 13.6. The number of carboxylic acid groups (broad SMARTS) is 1. The Morgan fingerprint density at radius 2 is 1.57 bits per heavy atom. The molecule has 2 rings (SSSR count). The molecule has 1 N–H and O–H groups in total. The molecular formula is C13H12F5NO2. The van der Waals surface area contributed by atoms with Gasteiger partial charge in [0, 0.05) is 12.1 Å². The van der Waals surface area contributed by atoms with E-state index >= 15 is 0 Å². The first-order valence-corrected chi connectivity index (χ1v) is 6.19. The van der Waals surface area contributed by atoms with E-state index in [2.05, 4.69) is 0 Å². The van der Waals surface area contributed by atoms with E-state index in [0.717, 1.165) is 0 Å². The quantitative estimate of drug-likeness (QED) is 0.530. The van der Waals surface area contributed by atoms with E-state index in [1.54, 1.807) is 0 Å². The summed E-state index contributed by atoms with van der Waals surface area (Å²) in [5.41, 5.74) is -2.40. The number of benzene rings is 1. The van der Waals surface area contributed by atoms with E-state index in [0.29, 0.717) is 6.42 Å². The molecule has 1 aromatic rings. The normalized spacial score (nSPS) is 22.8. The molecule has 0 amide bonds. The lowest BCUT2D eigenvalue weighted by molar-refractivity contribution is -0.149. The number of carbonyl (C=O) groups is 1. The lowest BCUT2D eigenvalue weighted by Crippen LogP contribution is -2.47. The zero-order chi connectivity index (χ0) is 15.9. The number of aliphatic carboxylic acids is 1. The highest BCUT2D eigenvalue weighted by molar-refractivity contribution is 5.78. The number of likely N-dealkylation sites (tertiary alicyclic amines) is 1. The summed E-state index contributed by atoms with van der Waals surface area (Å²) in [7, 11) is 0. The molecule has 1 aromatic carbocycles. The average Bonchev–Trinajstić information content (AvgIpc) is 2.82. The molecule has 0 saturated carbocycles. The zero-order valence-electron chi connectivity index (χ0n) is 11.0. The van der Waals surface area contributed by atoms with E-state index in [1.165, 1.54) is 11.8 Å². The molecule has 0 aliphatic carbocycles. The monoisotopic (exact) mass is 309 g/mol. The van der Waals surface area contributed by atoms with Gasteiger partial charge in [-0.1, -0.05) is 0 Å². The molecule has 0 radical (unpaired) electrons. The van der Waals surface area contributed by atoms with Crippen LogP contribution < -0.4 is 0 Å². The molecule has 1 heterocycles. The molecule has 1 aliphatic heterocycles. The SMILES string of the molecule is CC1(C(=O)O)CCCN1Cc1c(F)c(F)c(F)c(F)c1F. The number of halogens is 5. The second-order valence-electron chi connectivity index (χ2n) is 5.15. The van der Waals surface area contributed by atoms with Gasteiger partial charge in [-0.15, -0.1) is 0 Å². The second kappa shape index (κ2) is 5.25. The Kier molecular flexibility index (Phi) is 3.92. The van der Waals surface area contributed by atoms with E-state index in [-0.39, 0.29) is 13.0 Å². The smallest absolute Gasteiger partial charge is 0.323 e. The topological polar surface area (TPSA) is 40.5 Å². The lowest BCUT2D eigenvalue weighted by Gasteiger charge is -2.31. The van der Waals surface area contributed by atoms with E-state index in [4.69, 9.17) is 0 Å². The van der Waals surface area contributed by atoms with Crippen LogP contribution in [-0.4, -0.2) is 28.1 Å². The molecule has 1 aliphatic rings. The van der Waals surface area contributed by atoms with Crippen molar-refractivity contribution in [2.75, 3.05) is 6.54 Å². The summed E-state index contributed by atoms with van der Waals surface area (Å²) in [4.78, 5) is 12.4. The van der Waals surface area contributed by atoms with E-state index < -0.39 is 52.7 Å². The fraction of sp³-hybridized carbons (Fsp3) is 0.462. The molecule has 1 fully saturated rings. The maximum atomic E-state index is 13.6. The third kappa shape index (κ3) is 2.37. The third-order valence-electron chi connectivity index (χ3n) is 3.90. The van der Waals surface area contributed by atoms with Gasteiger partial charge in [0.1, 0.15) is 5.54 Å². The van der Waals surface area contributed by atoms with Crippen molar-refractivity contribution in [3.8, 4) is 0 Å². The van der Waals surface area contributed by atoms with Gasteiger partial charge in [0.15, 0.2) is 23.3 Å². The Labute approximate surface area is 117 Å². The number of carboxylic acids is 1. The first-order valence-electron chi connectivity index (χ1n) is 6.19. The molecule has 21 heavy (non-hydrogen) atoms. The Bertz CT molecular complexity index is 578. The van der Waals surface area contributed by atoms with Gasteiger partial charge >= 0.3 is 5.97 Å². The van der Waals surface area contributed by atoms with Crippen molar-refractivity contribution in [3.05, 3.63) is 34.6 Å².